The third-order valence-corrected chi connectivity index (χ3v) is 5.01. The highest BCUT2D eigenvalue weighted by Gasteiger charge is 2.42. The van der Waals surface area contributed by atoms with Crippen LogP contribution in [0.15, 0.2) is 0 Å². The van der Waals surface area contributed by atoms with Crippen LogP contribution in [-0.2, 0) is 14.3 Å². The largest absolute Gasteiger partial charge is 0.464 e. The Labute approximate surface area is 139 Å². The minimum absolute atomic E-state index is 0. The fraction of sp³-hybridized carbons (Fsp3) is 0.875. The van der Waals surface area contributed by atoms with Gasteiger partial charge in [-0.05, 0) is 58.3 Å². The maximum Gasteiger partial charge on any atom is 0.331 e. The van der Waals surface area contributed by atoms with Gasteiger partial charge in [-0.25, -0.2) is 4.79 Å². The highest BCUT2D eigenvalue weighted by Crippen LogP contribution is 2.42. The summed E-state index contributed by atoms with van der Waals surface area (Å²) in [5.74, 6) is 0.481. The van der Waals surface area contributed by atoms with Gasteiger partial charge in [0.05, 0.1) is 6.61 Å². The van der Waals surface area contributed by atoms with Crippen LogP contribution in [0.25, 0.3) is 0 Å². The standard InChI is InChI=1S/C16H28N2O3.ClH/c1-4-21-15(20)16(2,3)18-14(19)12-8-10-6-5-7-11(9-12)13(10)17;/h10-13H,4-9,17H2,1-3H3,(H,18,19);1H. The van der Waals surface area contributed by atoms with Gasteiger partial charge in [0.15, 0.2) is 0 Å². The van der Waals surface area contributed by atoms with Crippen LogP contribution in [0.4, 0.5) is 0 Å². The normalized spacial score (nSPS) is 30.9. The van der Waals surface area contributed by atoms with Gasteiger partial charge in [0.2, 0.25) is 5.91 Å². The molecule has 2 fully saturated rings. The minimum atomic E-state index is -0.970. The molecule has 6 heteroatoms. The fourth-order valence-corrected chi connectivity index (χ4v) is 3.78. The van der Waals surface area contributed by atoms with Crippen molar-refractivity contribution in [1.82, 2.24) is 5.32 Å². The Bertz CT molecular complexity index is 400. The molecule has 0 aliphatic heterocycles. The molecule has 2 saturated carbocycles. The Morgan fingerprint density at radius 2 is 1.77 bits per heavy atom. The lowest BCUT2D eigenvalue weighted by Gasteiger charge is -2.44. The number of nitrogens with two attached hydrogens (primary N) is 1. The summed E-state index contributed by atoms with van der Waals surface area (Å²) in [5.41, 5.74) is 5.29. The van der Waals surface area contributed by atoms with Crippen molar-refractivity contribution in [2.45, 2.75) is 64.5 Å². The van der Waals surface area contributed by atoms with Crippen molar-refractivity contribution < 1.29 is 14.3 Å². The Morgan fingerprint density at radius 1 is 1.23 bits per heavy atom. The van der Waals surface area contributed by atoms with Crippen LogP contribution in [0.2, 0.25) is 0 Å². The van der Waals surface area contributed by atoms with E-state index in [-0.39, 0.29) is 36.2 Å². The smallest absolute Gasteiger partial charge is 0.331 e. The average Bonchev–Trinajstić information content (AvgIpc) is 2.37. The summed E-state index contributed by atoms with van der Waals surface area (Å²) in [5, 5.41) is 2.86. The summed E-state index contributed by atoms with van der Waals surface area (Å²) in [6, 6.07) is 0.251. The van der Waals surface area contributed by atoms with Crippen molar-refractivity contribution in [3.8, 4) is 0 Å². The summed E-state index contributed by atoms with van der Waals surface area (Å²) in [6.45, 7) is 5.47. The monoisotopic (exact) mass is 332 g/mol. The molecule has 0 radical (unpaired) electrons. The predicted octanol–water partition coefficient (Wildman–Crippen LogP) is 2.02. The zero-order chi connectivity index (χ0) is 15.6. The van der Waals surface area contributed by atoms with Crippen LogP contribution in [-0.4, -0.2) is 30.1 Å². The summed E-state index contributed by atoms with van der Waals surface area (Å²) in [4.78, 5) is 24.4. The molecule has 128 valence electrons. The number of hydrogen-bond acceptors (Lipinski definition) is 4. The van der Waals surface area contributed by atoms with Crippen LogP contribution in [0.1, 0.15) is 52.9 Å². The van der Waals surface area contributed by atoms with E-state index in [9.17, 15) is 9.59 Å². The highest BCUT2D eigenvalue weighted by molar-refractivity contribution is 5.88. The number of ether oxygens (including phenoxy) is 1. The topological polar surface area (TPSA) is 81.4 Å². The average molecular weight is 333 g/mol. The Morgan fingerprint density at radius 3 is 2.27 bits per heavy atom. The molecule has 3 N–H and O–H groups in total. The number of fused-ring (bicyclic) bond motifs is 2. The second-order valence-corrected chi connectivity index (χ2v) is 7.03. The van der Waals surface area contributed by atoms with Gasteiger partial charge in [-0.1, -0.05) is 6.42 Å². The summed E-state index contributed by atoms with van der Waals surface area (Å²) in [6.07, 6.45) is 5.18. The van der Waals surface area contributed by atoms with Gasteiger partial charge in [-0.15, -0.1) is 12.4 Å². The summed E-state index contributed by atoms with van der Waals surface area (Å²) < 4.78 is 5.01. The minimum Gasteiger partial charge on any atom is -0.464 e. The number of carbonyl (C=O) groups is 2. The number of rotatable bonds is 4. The second-order valence-electron chi connectivity index (χ2n) is 7.03. The van der Waals surface area contributed by atoms with Crippen LogP contribution in [0, 0.1) is 17.8 Å². The highest BCUT2D eigenvalue weighted by atomic mass is 35.5. The predicted molar refractivity (Wildman–Crippen MR) is 87.6 cm³/mol. The lowest BCUT2D eigenvalue weighted by molar-refractivity contribution is -0.152. The van der Waals surface area contributed by atoms with Gasteiger partial charge >= 0.3 is 5.97 Å². The number of carbonyl (C=O) groups excluding carboxylic acids is 2. The Balaban J connectivity index is 0.00000242. The number of esters is 1. The molecular weight excluding hydrogens is 304 g/mol. The molecule has 0 aromatic carbocycles. The van der Waals surface area contributed by atoms with E-state index < -0.39 is 5.54 Å². The molecule has 0 aromatic rings. The maximum absolute atomic E-state index is 12.5. The Hall–Kier alpha value is -0.810. The molecule has 2 aliphatic carbocycles. The van der Waals surface area contributed by atoms with E-state index in [0.29, 0.717) is 18.4 Å². The summed E-state index contributed by atoms with van der Waals surface area (Å²) >= 11 is 0. The van der Waals surface area contributed by atoms with Crippen molar-refractivity contribution in [3.63, 3.8) is 0 Å². The van der Waals surface area contributed by atoms with E-state index >= 15 is 0 Å². The van der Waals surface area contributed by atoms with Crippen LogP contribution in [0.5, 0.6) is 0 Å². The molecule has 0 spiro atoms. The number of halogens is 1. The fourth-order valence-electron chi connectivity index (χ4n) is 3.78. The number of nitrogens with one attached hydrogen (secondary N) is 1. The molecule has 2 bridgehead atoms. The van der Waals surface area contributed by atoms with Gasteiger partial charge in [0.25, 0.3) is 0 Å². The van der Waals surface area contributed by atoms with Crippen molar-refractivity contribution in [1.29, 1.82) is 0 Å². The van der Waals surface area contributed by atoms with Crippen molar-refractivity contribution in [2.24, 2.45) is 23.5 Å². The van der Waals surface area contributed by atoms with Crippen LogP contribution < -0.4 is 11.1 Å². The first kappa shape index (κ1) is 19.2. The third-order valence-electron chi connectivity index (χ3n) is 5.01. The molecule has 5 nitrogen and oxygen atoms in total. The molecule has 2 rings (SSSR count). The Kier molecular flexibility index (Phi) is 6.68. The SMILES string of the molecule is CCOC(=O)C(C)(C)NC(=O)C1CC2CCCC(C1)C2N.Cl. The number of amides is 1. The van der Waals surface area contributed by atoms with E-state index in [1.807, 2.05) is 0 Å². The van der Waals surface area contributed by atoms with Crippen molar-refractivity contribution in [2.75, 3.05) is 6.61 Å². The second kappa shape index (κ2) is 7.64. The molecule has 0 saturated heterocycles. The van der Waals surface area contributed by atoms with Gasteiger partial charge in [-0.2, -0.15) is 0 Å². The molecule has 0 heterocycles. The molecule has 1 amide bonds. The van der Waals surface area contributed by atoms with E-state index in [1.54, 1.807) is 20.8 Å². The van der Waals surface area contributed by atoms with Crippen LogP contribution in [0.3, 0.4) is 0 Å². The molecule has 22 heavy (non-hydrogen) atoms. The van der Waals surface area contributed by atoms with E-state index in [4.69, 9.17) is 10.5 Å². The van der Waals surface area contributed by atoms with Gasteiger partial charge in [0, 0.05) is 12.0 Å². The van der Waals surface area contributed by atoms with E-state index in [1.165, 1.54) is 6.42 Å². The molecule has 2 unspecified atom stereocenters. The first-order valence-electron chi connectivity index (χ1n) is 8.10. The van der Waals surface area contributed by atoms with E-state index in [0.717, 1.165) is 25.7 Å². The first-order chi connectivity index (χ1) is 9.85. The number of hydrogen-bond donors (Lipinski definition) is 2. The quantitative estimate of drug-likeness (QED) is 0.772. The molecule has 0 aromatic heterocycles. The zero-order valence-electron chi connectivity index (χ0n) is 13.8. The lowest BCUT2D eigenvalue weighted by atomic mass is 9.65. The van der Waals surface area contributed by atoms with E-state index in [2.05, 4.69) is 5.32 Å². The molecule has 2 atom stereocenters. The molecule has 2 aliphatic rings. The van der Waals surface area contributed by atoms with Crippen molar-refractivity contribution >= 4 is 24.3 Å². The van der Waals surface area contributed by atoms with Gasteiger partial charge in [-0.3, -0.25) is 4.79 Å². The molecular formula is C16H29ClN2O3. The van der Waals surface area contributed by atoms with Gasteiger partial charge < -0.3 is 15.8 Å². The first-order valence-corrected chi connectivity index (χ1v) is 8.10. The third kappa shape index (κ3) is 4.13. The maximum atomic E-state index is 12.5. The summed E-state index contributed by atoms with van der Waals surface area (Å²) in [7, 11) is 0. The van der Waals surface area contributed by atoms with Crippen molar-refractivity contribution in [3.05, 3.63) is 0 Å². The van der Waals surface area contributed by atoms with Gasteiger partial charge in [0.1, 0.15) is 5.54 Å². The zero-order valence-corrected chi connectivity index (χ0v) is 14.6. The lowest BCUT2D eigenvalue weighted by Crippen LogP contribution is -2.55. The van der Waals surface area contributed by atoms with Crippen LogP contribution >= 0.6 is 12.4 Å².